The Bertz CT molecular complexity index is 1620. The van der Waals surface area contributed by atoms with Gasteiger partial charge in [0.2, 0.25) is 6.79 Å². The zero-order valence-electron chi connectivity index (χ0n) is 33.0. The average molecular weight is 720 g/mol. The topological polar surface area (TPSA) is 56.3 Å². The van der Waals surface area contributed by atoms with Crippen molar-refractivity contribution >= 4 is 32.9 Å². The Morgan fingerprint density at radius 2 is 1.10 bits per heavy atom. The number of ether oxygens (including phenoxy) is 3. The quantitative estimate of drug-likeness (QED) is 0.158. The number of fused-ring (bicyclic) bond motifs is 4. The van der Waals surface area contributed by atoms with Crippen LogP contribution in [0.5, 0.6) is 17.2 Å². The summed E-state index contributed by atoms with van der Waals surface area (Å²) in [6, 6.07) is 24.8. The molecule has 0 bridgehead atoms. The van der Waals surface area contributed by atoms with Crippen molar-refractivity contribution in [1.82, 2.24) is 4.98 Å². The minimum Gasteiger partial charge on any atom is -0.493 e. The predicted octanol–water partition coefficient (Wildman–Crippen LogP) is 12.7. The number of hydroxylamine groups is 2. The number of nitrogens with zero attached hydrogens (tertiary/aromatic N) is 3. The molecule has 282 valence electrons. The first-order valence-corrected chi connectivity index (χ1v) is 18.8. The zero-order valence-corrected chi connectivity index (χ0v) is 33.8. The van der Waals surface area contributed by atoms with E-state index < -0.39 is 0 Å². The molecule has 4 heterocycles. The summed E-state index contributed by atoms with van der Waals surface area (Å²) in [4.78, 5) is 9.53. The van der Waals surface area contributed by atoms with Gasteiger partial charge < -0.3 is 14.2 Å². The summed E-state index contributed by atoms with van der Waals surface area (Å²) in [5.41, 5.74) is 11.7. The van der Waals surface area contributed by atoms with E-state index in [0.29, 0.717) is 6.79 Å². The number of rotatable bonds is 0. The molecule has 0 N–H and O–H groups in total. The molecule has 0 amide bonds. The van der Waals surface area contributed by atoms with E-state index in [1.54, 1.807) is 21.5 Å². The van der Waals surface area contributed by atoms with E-state index >= 15 is 0 Å². The molecule has 3 aliphatic rings. The third-order valence-electron chi connectivity index (χ3n) is 6.91. The van der Waals surface area contributed by atoms with Crippen molar-refractivity contribution in [3.8, 4) is 17.2 Å². The average Bonchev–Trinajstić information content (AvgIpc) is 3.96. The Morgan fingerprint density at radius 3 is 1.78 bits per heavy atom. The summed E-state index contributed by atoms with van der Waals surface area (Å²) >= 11 is 1.69. The van der Waals surface area contributed by atoms with Crippen LogP contribution in [0.25, 0.3) is 10.2 Å². The molecule has 7 nitrogen and oxygen atoms in total. The van der Waals surface area contributed by atoms with E-state index in [4.69, 9.17) is 19.1 Å². The summed E-state index contributed by atoms with van der Waals surface area (Å²) in [5, 5.41) is 3.52. The maximum absolute atomic E-state index is 5.35. The number of anilines is 2. The predicted molar refractivity (Wildman–Crippen MR) is 223 cm³/mol. The molecule has 0 unspecified atom stereocenters. The van der Waals surface area contributed by atoms with Gasteiger partial charge in [-0.15, -0.1) is 11.3 Å². The molecule has 8 heteroatoms. The number of aromatic nitrogens is 1. The van der Waals surface area contributed by atoms with Crippen molar-refractivity contribution in [1.29, 1.82) is 0 Å². The molecule has 0 fully saturated rings. The van der Waals surface area contributed by atoms with Gasteiger partial charge in [-0.25, -0.2) is 15.1 Å². The van der Waals surface area contributed by atoms with Crippen LogP contribution < -0.4 is 24.3 Å². The van der Waals surface area contributed by atoms with Crippen LogP contribution in [0.15, 0.2) is 78.3 Å². The van der Waals surface area contributed by atoms with Crippen LogP contribution >= 0.6 is 11.3 Å². The maximum atomic E-state index is 5.35. The highest BCUT2D eigenvalue weighted by Gasteiger charge is 2.21. The first-order chi connectivity index (χ1) is 24.3. The number of hydrogen-bond donors (Lipinski definition) is 0. The molecule has 0 saturated heterocycles. The van der Waals surface area contributed by atoms with Crippen LogP contribution in [-0.4, -0.2) is 32.5 Å². The zero-order chi connectivity index (χ0) is 37.6. The van der Waals surface area contributed by atoms with Crippen LogP contribution in [0, 0.1) is 27.7 Å². The monoisotopic (exact) mass is 719 g/mol. The molecule has 1 aromatic heterocycles. The van der Waals surface area contributed by atoms with E-state index in [9.17, 15) is 0 Å². The van der Waals surface area contributed by atoms with Gasteiger partial charge in [0.05, 0.1) is 33.7 Å². The molecule has 0 spiro atoms. The number of thiazole rings is 1. The lowest BCUT2D eigenvalue weighted by Crippen LogP contribution is -2.20. The number of benzene rings is 4. The van der Waals surface area contributed by atoms with Crippen molar-refractivity contribution in [3.05, 3.63) is 106 Å². The lowest BCUT2D eigenvalue weighted by molar-refractivity contribution is 0.129. The first-order valence-electron chi connectivity index (χ1n) is 17.9. The molecular weight excluding hydrogens is 655 g/mol. The molecule has 0 atom stereocenters. The standard InChI is InChI=1S/C9H12N2O.C9H10O.C8H7NS.C8H8O2.4C2H6.CH4/c1-7-4-5-8-9(6-7)11(3)12-10(8)2;1-7-2-3-9-8(6-7)4-5-10-9;2*1-6-2-3-7-8(4-6)10-5-9-7;4*1-2;/h4-6H,1-3H3;2-3,6H,4-5H2,1H3;2-5H,1H3;2-4H,5H2,1H3;4*1-2H3;1H4. The van der Waals surface area contributed by atoms with E-state index in [0.717, 1.165) is 47.2 Å². The fraction of sp³-hybridized carbons (Fsp3) is 0.419. The van der Waals surface area contributed by atoms with Crippen molar-refractivity contribution < 1.29 is 19.1 Å². The molecule has 0 radical (unpaired) electrons. The highest BCUT2D eigenvalue weighted by atomic mass is 32.1. The lowest BCUT2D eigenvalue weighted by Gasteiger charge is -2.10. The third-order valence-corrected chi connectivity index (χ3v) is 7.71. The molecule has 3 aliphatic heterocycles. The maximum Gasteiger partial charge on any atom is 0.231 e. The van der Waals surface area contributed by atoms with Crippen molar-refractivity contribution in [3.63, 3.8) is 0 Å². The van der Waals surface area contributed by atoms with Gasteiger partial charge in [0.1, 0.15) is 5.75 Å². The molecular formula is C43H65N3O4S. The van der Waals surface area contributed by atoms with Gasteiger partial charge in [-0.2, -0.15) is 4.94 Å². The van der Waals surface area contributed by atoms with Gasteiger partial charge in [-0.1, -0.05) is 98.7 Å². The van der Waals surface area contributed by atoms with Gasteiger partial charge in [-0.05, 0) is 92.4 Å². The van der Waals surface area contributed by atoms with Crippen LogP contribution in [-0.2, 0) is 11.4 Å². The summed E-state index contributed by atoms with van der Waals surface area (Å²) in [6.07, 6.45) is 1.08. The van der Waals surface area contributed by atoms with Crippen LogP contribution in [0.4, 0.5) is 11.4 Å². The second-order valence-electron chi connectivity index (χ2n) is 10.5. The Kier molecular flexibility index (Phi) is 23.5. The van der Waals surface area contributed by atoms with Gasteiger partial charge in [0, 0.05) is 20.5 Å². The second-order valence-corrected chi connectivity index (χ2v) is 11.3. The SMILES string of the molecule is C.CC.CC.CC.CC.Cc1ccc2c(c1)CCO2.Cc1ccc2c(c1)N(C)ON2C.Cc1ccc2c(c1)OCO2.Cc1ccc2ncsc2c1. The smallest absolute Gasteiger partial charge is 0.231 e. The summed E-state index contributed by atoms with van der Waals surface area (Å²) in [5.74, 6) is 2.79. The fourth-order valence-electron chi connectivity index (χ4n) is 4.71. The Labute approximate surface area is 314 Å². The molecule has 4 aromatic carbocycles. The third kappa shape index (κ3) is 14.5. The van der Waals surface area contributed by atoms with Crippen molar-refractivity contribution in [2.24, 2.45) is 0 Å². The van der Waals surface area contributed by atoms with Crippen molar-refractivity contribution in [2.75, 3.05) is 37.6 Å². The van der Waals surface area contributed by atoms with E-state index in [1.807, 2.05) is 100 Å². The molecule has 0 aliphatic carbocycles. The highest BCUT2D eigenvalue weighted by molar-refractivity contribution is 7.16. The summed E-state index contributed by atoms with van der Waals surface area (Å²) in [7, 11) is 3.80. The van der Waals surface area contributed by atoms with E-state index in [-0.39, 0.29) is 7.43 Å². The number of aryl methyl sites for hydroxylation is 4. The van der Waals surface area contributed by atoms with Crippen LogP contribution in [0.1, 0.15) is 90.6 Å². The Hall–Kier alpha value is -4.27. The second kappa shape index (κ2) is 25.6. The molecule has 8 rings (SSSR count). The summed E-state index contributed by atoms with van der Waals surface area (Å²) < 4.78 is 16.9. The molecule has 5 aromatic rings. The molecule has 51 heavy (non-hydrogen) atoms. The fourth-order valence-corrected chi connectivity index (χ4v) is 5.48. The van der Waals surface area contributed by atoms with Crippen LogP contribution in [0.3, 0.4) is 0 Å². The highest BCUT2D eigenvalue weighted by Crippen LogP contribution is 2.35. The van der Waals surface area contributed by atoms with Crippen molar-refractivity contribution in [2.45, 2.75) is 96.9 Å². The van der Waals surface area contributed by atoms with Crippen LogP contribution in [0.2, 0.25) is 0 Å². The lowest BCUT2D eigenvalue weighted by atomic mass is 10.1. The normalized spacial score (nSPS) is 11.6. The number of hydrogen-bond acceptors (Lipinski definition) is 8. The van der Waals surface area contributed by atoms with Gasteiger partial charge in [-0.3, -0.25) is 0 Å². The minimum atomic E-state index is 0. The van der Waals surface area contributed by atoms with E-state index in [2.05, 4.69) is 80.4 Å². The van der Waals surface area contributed by atoms with E-state index in [1.165, 1.54) is 32.5 Å². The van der Waals surface area contributed by atoms with Gasteiger partial charge >= 0.3 is 0 Å². The Morgan fingerprint density at radius 1 is 0.569 bits per heavy atom. The molecule has 0 saturated carbocycles. The largest absolute Gasteiger partial charge is 0.493 e. The Balaban J connectivity index is 0.000000610. The van der Waals surface area contributed by atoms with Gasteiger partial charge in [0.25, 0.3) is 0 Å². The first kappa shape index (κ1) is 46.7. The summed E-state index contributed by atoms with van der Waals surface area (Å²) in [6.45, 7) is 25.5. The van der Waals surface area contributed by atoms with Gasteiger partial charge in [0.15, 0.2) is 11.5 Å². The minimum absolute atomic E-state index is 0.